The van der Waals surface area contributed by atoms with Crippen molar-refractivity contribution in [1.82, 2.24) is 0 Å². The molecular weight excluding hydrogens is 370 g/mol. The van der Waals surface area contributed by atoms with E-state index in [0.29, 0.717) is 5.75 Å². The minimum atomic E-state index is -4.09. The van der Waals surface area contributed by atoms with Crippen molar-refractivity contribution < 1.29 is 27.4 Å². The maximum atomic E-state index is 12.8. The molecule has 0 aliphatic carbocycles. The Labute approximate surface area is 150 Å². The van der Waals surface area contributed by atoms with Crippen LogP contribution >= 0.6 is 11.6 Å². The first-order valence-corrected chi connectivity index (χ1v) is 8.81. The van der Waals surface area contributed by atoms with E-state index in [1.54, 1.807) is 6.07 Å². The van der Waals surface area contributed by atoms with Gasteiger partial charge in [-0.15, -0.1) is 0 Å². The van der Waals surface area contributed by atoms with Gasteiger partial charge >= 0.3 is 5.97 Å². The number of ether oxygens (including phenoxy) is 3. The normalized spacial score (nSPS) is 10.9. The summed E-state index contributed by atoms with van der Waals surface area (Å²) in [6, 6.07) is 8.48. The average molecular weight is 386 g/mol. The van der Waals surface area contributed by atoms with E-state index in [2.05, 4.69) is 9.46 Å². The van der Waals surface area contributed by atoms with E-state index in [4.69, 9.17) is 21.1 Å². The summed E-state index contributed by atoms with van der Waals surface area (Å²) < 4.78 is 42.7. The molecule has 0 aliphatic heterocycles. The summed E-state index contributed by atoms with van der Waals surface area (Å²) in [5.41, 5.74) is 0.0153. The van der Waals surface area contributed by atoms with Crippen molar-refractivity contribution in [3.8, 4) is 11.5 Å². The van der Waals surface area contributed by atoms with Crippen LogP contribution in [0, 0.1) is 0 Å². The predicted molar refractivity (Wildman–Crippen MR) is 93.1 cm³/mol. The highest BCUT2D eigenvalue weighted by Crippen LogP contribution is 2.31. The molecular formula is C16H16ClNO6S. The molecule has 2 aromatic carbocycles. The number of sulfonamides is 1. The quantitative estimate of drug-likeness (QED) is 0.769. The van der Waals surface area contributed by atoms with E-state index in [0.717, 1.165) is 0 Å². The van der Waals surface area contributed by atoms with Crippen LogP contribution in [0.4, 0.5) is 5.69 Å². The smallest absolute Gasteiger partial charge is 0.339 e. The third-order valence-corrected chi connectivity index (χ3v) is 4.91. The zero-order chi connectivity index (χ0) is 18.6. The molecule has 2 rings (SSSR count). The molecule has 0 heterocycles. The van der Waals surface area contributed by atoms with E-state index in [1.807, 2.05) is 0 Å². The first kappa shape index (κ1) is 18.9. The number of carbonyl (C=O) groups excluding carboxylic acids is 1. The molecule has 0 atom stereocenters. The summed E-state index contributed by atoms with van der Waals surface area (Å²) >= 11 is 5.91. The Morgan fingerprint density at radius 3 is 2.36 bits per heavy atom. The lowest BCUT2D eigenvalue weighted by atomic mass is 10.2. The molecule has 0 spiro atoms. The van der Waals surface area contributed by atoms with Gasteiger partial charge in [-0.1, -0.05) is 11.6 Å². The Kier molecular flexibility index (Phi) is 5.76. The number of halogens is 1. The van der Waals surface area contributed by atoms with Gasteiger partial charge in [0.1, 0.15) is 16.4 Å². The lowest BCUT2D eigenvalue weighted by Gasteiger charge is -2.14. The van der Waals surface area contributed by atoms with Gasteiger partial charge in [-0.25, -0.2) is 13.2 Å². The minimum absolute atomic E-state index is 0.00998. The van der Waals surface area contributed by atoms with Crippen LogP contribution in [-0.2, 0) is 14.8 Å². The number of esters is 1. The molecule has 9 heteroatoms. The SMILES string of the molecule is COC(=O)c1ccc(Cl)cc1NS(=O)(=O)c1cc(OC)ccc1OC. The monoisotopic (exact) mass is 385 g/mol. The second kappa shape index (κ2) is 7.62. The van der Waals surface area contributed by atoms with Gasteiger partial charge in [0.05, 0.1) is 32.6 Å². The van der Waals surface area contributed by atoms with Crippen LogP contribution in [0.3, 0.4) is 0 Å². The summed E-state index contributed by atoms with van der Waals surface area (Å²) in [5.74, 6) is -0.248. The zero-order valence-corrected chi connectivity index (χ0v) is 15.3. The molecule has 0 aliphatic rings. The second-order valence-electron chi connectivity index (χ2n) is 4.80. The molecule has 0 bridgehead atoms. The Balaban J connectivity index is 2.53. The molecule has 1 N–H and O–H groups in total. The van der Waals surface area contributed by atoms with Crippen molar-refractivity contribution in [1.29, 1.82) is 0 Å². The molecule has 0 radical (unpaired) electrons. The summed E-state index contributed by atoms with van der Waals surface area (Å²) in [6.07, 6.45) is 0. The van der Waals surface area contributed by atoms with Gasteiger partial charge in [-0.2, -0.15) is 0 Å². The number of benzene rings is 2. The maximum absolute atomic E-state index is 12.8. The molecule has 0 unspecified atom stereocenters. The molecule has 25 heavy (non-hydrogen) atoms. The standard InChI is InChI=1S/C16H16ClNO6S/c1-22-11-5-7-14(23-2)15(9-11)25(20,21)18-13-8-10(17)4-6-12(13)16(19)24-3/h4-9,18H,1-3H3. The zero-order valence-electron chi connectivity index (χ0n) is 13.7. The highest BCUT2D eigenvalue weighted by Gasteiger charge is 2.23. The summed E-state index contributed by atoms with van der Waals surface area (Å²) in [4.78, 5) is 11.7. The fraction of sp³-hybridized carbons (Fsp3) is 0.188. The molecule has 7 nitrogen and oxygen atoms in total. The number of hydrogen-bond acceptors (Lipinski definition) is 6. The van der Waals surface area contributed by atoms with E-state index in [9.17, 15) is 13.2 Å². The Morgan fingerprint density at radius 1 is 1.04 bits per heavy atom. The van der Waals surface area contributed by atoms with Crippen LogP contribution in [0.2, 0.25) is 5.02 Å². The van der Waals surface area contributed by atoms with E-state index >= 15 is 0 Å². The minimum Gasteiger partial charge on any atom is -0.497 e. The third kappa shape index (κ3) is 4.15. The molecule has 2 aromatic rings. The highest BCUT2D eigenvalue weighted by molar-refractivity contribution is 7.92. The van der Waals surface area contributed by atoms with E-state index < -0.39 is 16.0 Å². The van der Waals surface area contributed by atoms with Crippen molar-refractivity contribution in [2.75, 3.05) is 26.1 Å². The topological polar surface area (TPSA) is 90.9 Å². The fourth-order valence-corrected chi connectivity index (χ4v) is 3.51. The predicted octanol–water partition coefficient (Wildman–Crippen LogP) is 2.94. The maximum Gasteiger partial charge on any atom is 0.339 e. The van der Waals surface area contributed by atoms with Crippen molar-refractivity contribution in [2.24, 2.45) is 0 Å². The highest BCUT2D eigenvalue weighted by atomic mass is 35.5. The Morgan fingerprint density at radius 2 is 1.76 bits per heavy atom. The molecule has 134 valence electrons. The van der Waals surface area contributed by atoms with Crippen LogP contribution in [0.1, 0.15) is 10.4 Å². The molecule has 0 aromatic heterocycles. The van der Waals surface area contributed by atoms with Gasteiger partial charge in [0.15, 0.2) is 0 Å². The largest absolute Gasteiger partial charge is 0.497 e. The number of methoxy groups -OCH3 is 3. The van der Waals surface area contributed by atoms with Crippen LogP contribution < -0.4 is 14.2 Å². The summed E-state index contributed by atoms with van der Waals surface area (Å²) in [5, 5.41) is 0.253. The lowest BCUT2D eigenvalue weighted by molar-refractivity contribution is 0.0602. The Bertz CT molecular complexity index is 897. The number of nitrogens with one attached hydrogen (secondary N) is 1. The van der Waals surface area contributed by atoms with E-state index in [1.165, 1.54) is 51.7 Å². The van der Waals surface area contributed by atoms with Crippen LogP contribution in [-0.4, -0.2) is 35.7 Å². The van der Waals surface area contributed by atoms with Crippen LogP contribution in [0.25, 0.3) is 0 Å². The second-order valence-corrected chi connectivity index (χ2v) is 6.89. The van der Waals surface area contributed by atoms with Gasteiger partial charge in [0.2, 0.25) is 0 Å². The number of carbonyl (C=O) groups is 1. The lowest BCUT2D eigenvalue weighted by Crippen LogP contribution is -2.17. The van der Waals surface area contributed by atoms with Crippen molar-refractivity contribution in [3.63, 3.8) is 0 Å². The fourth-order valence-electron chi connectivity index (χ4n) is 2.08. The van der Waals surface area contributed by atoms with Gasteiger partial charge in [-0.3, -0.25) is 4.72 Å². The van der Waals surface area contributed by atoms with Crippen molar-refractivity contribution in [2.45, 2.75) is 4.90 Å². The first-order chi connectivity index (χ1) is 11.8. The van der Waals surface area contributed by atoms with Crippen LogP contribution in [0.5, 0.6) is 11.5 Å². The summed E-state index contributed by atoms with van der Waals surface area (Å²) in [6.45, 7) is 0. The van der Waals surface area contributed by atoms with Crippen molar-refractivity contribution in [3.05, 3.63) is 47.0 Å². The summed E-state index contributed by atoms with van der Waals surface area (Å²) in [7, 11) is -0.134. The van der Waals surface area contributed by atoms with Crippen LogP contribution in [0.15, 0.2) is 41.3 Å². The van der Waals surface area contributed by atoms with Gasteiger partial charge in [0.25, 0.3) is 10.0 Å². The van der Waals surface area contributed by atoms with E-state index in [-0.39, 0.29) is 26.9 Å². The molecule has 0 saturated heterocycles. The number of rotatable bonds is 6. The molecule has 0 saturated carbocycles. The molecule has 0 fully saturated rings. The third-order valence-electron chi connectivity index (χ3n) is 3.29. The number of hydrogen-bond donors (Lipinski definition) is 1. The van der Waals surface area contributed by atoms with Gasteiger partial charge in [0, 0.05) is 11.1 Å². The van der Waals surface area contributed by atoms with Crippen molar-refractivity contribution >= 4 is 33.3 Å². The Hall–Kier alpha value is -2.45. The van der Waals surface area contributed by atoms with Gasteiger partial charge < -0.3 is 14.2 Å². The average Bonchev–Trinajstić information content (AvgIpc) is 2.60. The first-order valence-electron chi connectivity index (χ1n) is 6.95. The number of anilines is 1. The van der Waals surface area contributed by atoms with Gasteiger partial charge in [-0.05, 0) is 30.3 Å². The molecule has 0 amide bonds.